The van der Waals surface area contributed by atoms with E-state index in [1.165, 1.54) is 14.9 Å². The van der Waals surface area contributed by atoms with Crippen molar-refractivity contribution in [3.63, 3.8) is 0 Å². The van der Waals surface area contributed by atoms with Crippen molar-refractivity contribution < 1.29 is 26.9 Å². The molecule has 0 saturated carbocycles. The summed E-state index contributed by atoms with van der Waals surface area (Å²) in [4.78, 5) is 16.6. The predicted molar refractivity (Wildman–Crippen MR) is 138 cm³/mol. The van der Waals surface area contributed by atoms with Gasteiger partial charge in [-0.25, -0.2) is 9.19 Å². The molecule has 2 heterocycles. The van der Waals surface area contributed by atoms with Crippen LogP contribution < -0.4 is 9.62 Å². The first-order chi connectivity index (χ1) is 17.3. The number of carbonyl (C=O) groups is 1. The second kappa shape index (κ2) is 10.4. The van der Waals surface area contributed by atoms with Crippen molar-refractivity contribution in [2.75, 3.05) is 29.9 Å². The number of anilines is 2. The van der Waals surface area contributed by atoms with Gasteiger partial charge in [0.2, 0.25) is 11.7 Å². The SMILES string of the molecule is CN(c1ccc2c(c1)nc(C(F)(F)F)n2CC1CCOCC1)S(=O)c1ccc(NC(=O)C(C)(C)C)cc1. The van der Waals surface area contributed by atoms with Crippen LogP contribution in [0.1, 0.15) is 39.4 Å². The van der Waals surface area contributed by atoms with Crippen LogP contribution in [-0.4, -0.2) is 39.9 Å². The minimum absolute atomic E-state index is 0.0817. The molecule has 1 unspecified atom stereocenters. The quantitative estimate of drug-likeness (QED) is 0.443. The Kier molecular flexibility index (Phi) is 7.66. The minimum atomic E-state index is -4.59. The molecule has 2 aromatic carbocycles. The van der Waals surface area contributed by atoms with Crippen LogP contribution in [0, 0.1) is 11.3 Å². The molecular weight excluding hydrogens is 505 g/mol. The third kappa shape index (κ3) is 6.15. The lowest BCUT2D eigenvalue weighted by Crippen LogP contribution is -2.27. The van der Waals surface area contributed by atoms with Gasteiger partial charge in [0, 0.05) is 37.9 Å². The molecule has 1 aromatic heterocycles. The highest BCUT2D eigenvalue weighted by Gasteiger charge is 2.38. The first kappa shape index (κ1) is 27.1. The summed E-state index contributed by atoms with van der Waals surface area (Å²) < 4.78 is 62.8. The van der Waals surface area contributed by atoms with Crippen LogP contribution >= 0.6 is 0 Å². The average Bonchev–Trinajstić information content (AvgIpc) is 3.22. The lowest BCUT2D eigenvalue weighted by molar-refractivity contribution is -0.147. The molecule has 0 spiro atoms. The van der Waals surface area contributed by atoms with E-state index in [4.69, 9.17) is 4.74 Å². The Bertz CT molecular complexity index is 1290. The fourth-order valence-electron chi connectivity index (χ4n) is 4.13. The Labute approximate surface area is 216 Å². The number of halogens is 3. The molecule has 1 aliphatic heterocycles. The predicted octanol–water partition coefficient (Wildman–Crippen LogP) is 5.63. The lowest BCUT2D eigenvalue weighted by Gasteiger charge is -2.24. The van der Waals surface area contributed by atoms with E-state index in [1.807, 2.05) is 20.8 Å². The van der Waals surface area contributed by atoms with Gasteiger partial charge >= 0.3 is 6.18 Å². The zero-order chi connectivity index (χ0) is 27.0. The van der Waals surface area contributed by atoms with E-state index < -0.39 is 28.4 Å². The lowest BCUT2D eigenvalue weighted by atomic mass is 9.95. The number of nitrogens with one attached hydrogen (secondary N) is 1. The Hall–Kier alpha value is -2.92. The van der Waals surface area contributed by atoms with Gasteiger partial charge < -0.3 is 14.6 Å². The van der Waals surface area contributed by atoms with Crippen LogP contribution in [0.5, 0.6) is 0 Å². The van der Waals surface area contributed by atoms with Crippen molar-refractivity contribution >= 4 is 39.3 Å². The largest absolute Gasteiger partial charge is 0.449 e. The van der Waals surface area contributed by atoms with E-state index >= 15 is 0 Å². The third-order valence-electron chi connectivity index (χ3n) is 6.37. The maximum Gasteiger partial charge on any atom is 0.449 e. The summed E-state index contributed by atoms with van der Waals surface area (Å²) in [5.41, 5.74) is 1.09. The van der Waals surface area contributed by atoms with Gasteiger partial charge in [0.25, 0.3) is 0 Å². The molecule has 11 heteroatoms. The molecule has 1 saturated heterocycles. The van der Waals surface area contributed by atoms with Gasteiger partial charge in [-0.3, -0.25) is 9.10 Å². The normalized spacial score (nSPS) is 16.1. The van der Waals surface area contributed by atoms with Gasteiger partial charge in [0.15, 0.2) is 11.0 Å². The standard InChI is InChI=1S/C26H31F3N4O3S/c1-25(2,3)24(34)30-18-5-8-20(9-6-18)37(35)32(4)19-7-10-22-21(15-19)31-23(26(27,28)29)33(22)16-17-11-13-36-14-12-17/h5-10,15,17H,11-14,16H2,1-4H3,(H,30,34). The number of hydrogen-bond acceptors (Lipinski definition) is 4. The number of ether oxygens (including phenoxy) is 1. The zero-order valence-electron chi connectivity index (χ0n) is 21.3. The summed E-state index contributed by atoms with van der Waals surface area (Å²) in [5, 5.41) is 2.82. The summed E-state index contributed by atoms with van der Waals surface area (Å²) >= 11 is 0. The van der Waals surface area contributed by atoms with Crippen LogP contribution in [0.2, 0.25) is 0 Å². The number of fused-ring (bicyclic) bond motifs is 1. The van der Waals surface area contributed by atoms with Crippen LogP contribution in [0.15, 0.2) is 47.4 Å². The number of rotatable bonds is 6. The summed E-state index contributed by atoms with van der Waals surface area (Å²) in [6.07, 6.45) is -3.19. The first-order valence-electron chi connectivity index (χ1n) is 12.1. The molecule has 4 rings (SSSR count). The van der Waals surface area contributed by atoms with E-state index in [1.54, 1.807) is 43.4 Å². The molecule has 1 aliphatic rings. The van der Waals surface area contributed by atoms with Crippen LogP contribution in [0.3, 0.4) is 0 Å². The average molecular weight is 537 g/mol. The Morgan fingerprint density at radius 2 is 1.78 bits per heavy atom. The molecule has 1 N–H and O–H groups in total. The summed E-state index contributed by atoms with van der Waals surface area (Å²) in [6, 6.07) is 11.4. The number of benzene rings is 2. The number of nitrogens with zero attached hydrogens (tertiary/aromatic N) is 3. The van der Waals surface area contributed by atoms with E-state index in [-0.39, 0.29) is 23.9 Å². The van der Waals surface area contributed by atoms with E-state index in [9.17, 15) is 22.2 Å². The van der Waals surface area contributed by atoms with Crippen molar-refractivity contribution in [2.45, 2.75) is 51.2 Å². The molecule has 0 aliphatic carbocycles. The molecular formula is C26H31F3N4O3S. The van der Waals surface area contributed by atoms with Crippen LogP contribution in [0.4, 0.5) is 24.5 Å². The van der Waals surface area contributed by atoms with Gasteiger partial charge in [-0.05, 0) is 61.2 Å². The van der Waals surface area contributed by atoms with Crippen LogP contribution in [-0.2, 0) is 33.2 Å². The van der Waals surface area contributed by atoms with Gasteiger partial charge in [-0.1, -0.05) is 20.8 Å². The highest BCUT2D eigenvalue weighted by molar-refractivity contribution is 7.86. The van der Waals surface area contributed by atoms with E-state index in [2.05, 4.69) is 10.3 Å². The van der Waals surface area contributed by atoms with Gasteiger partial charge in [0.05, 0.1) is 21.6 Å². The summed E-state index contributed by atoms with van der Waals surface area (Å²) in [5.74, 6) is -0.984. The van der Waals surface area contributed by atoms with Crippen molar-refractivity contribution in [3.05, 3.63) is 48.3 Å². The number of aromatic nitrogens is 2. The molecule has 7 nitrogen and oxygen atoms in total. The Morgan fingerprint density at radius 3 is 2.38 bits per heavy atom. The topological polar surface area (TPSA) is 76.5 Å². The molecule has 200 valence electrons. The number of amides is 1. The van der Waals surface area contributed by atoms with E-state index in [0.29, 0.717) is 47.8 Å². The summed E-state index contributed by atoms with van der Waals surface area (Å²) in [7, 11) is -0.0240. The maximum absolute atomic E-state index is 13.8. The minimum Gasteiger partial charge on any atom is -0.381 e. The highest BCUT2D eigenvalue weighted by Crippen LogP contribution is 2.34. The fourth-order valence-corrected chi connectivity index (χ4v) is 5.12. The van der Waals surface area contributed by atoms with Crippen molar-refractivity contribution in [1.82, 2.24) is 9.55 Å². The van der Waals surface area contributed by atoms with Crippen molar-refractivity contribution in [3.8, 4) is 0 Å². The molecule has 3 aromatic rings. The zero-order valence-corrected chi connectivity index (χ0v) is 22.1. The monoisotopic (exact) mass is 536 g/mol. The van der Waals surface area contributed by atoms with E-state index in [0.717, 1.165) is 0 Å². The molecule has 1 atom stereocenters. The molecule has 0 radical (unpaired) electrons. The van der Waals surface area contributed by atoms with Crippen LogP contribution in [0.25, 0.3) is 11.0 Å². The molecule has 1 fully saturated rings. The fraction of sp³-hybridized carbons (Fsp3) is 0.462. The number of alkyl halides is 3. The van der Waals surface area contributed by atoms with Gasteiger partial charge in [0.1, 0.15) is 0 Å². The van der Waals surface area contributed by atoms with Gasteiger partial charge in [-0.15, -0.1) is 0 Å². The van der Waals surface area contributed by atoms with Crippen molar-refractivity contribution in [1.29, 1.82) is 0 Å². The molecule has 0 bridgehead atoms. The number of carbonyl (C=O) groups excluding carboxylic acids is 1. The Morgan fingerprint density at radius 1 is 1.14 bits per heavy atom. The highest BCUT2D eigenvalue weighted by atomic mass is 32.2. The number of hydrogen-bond donors (Lipinski definition) is 1. The Balaban J connectivity index is 1.57. The van der Waals surface area contributed by atoms with Crippen molar-refractivity contribution in [2.24, 2.45) is 11.3 Å². The third-order valence-corrected chi connectivity index (χ3v) is 7.76. The van der Waals surface area contributed by atoms with Gasteiger partial charge in [-0.2, -0.15) is 13.2 Å². The molecule has 37 heavy (non-hydrogen) atoms. The first-order valence-corrected chi connectivity index (χ1v) is 13.2. The second-order valence-corrected chi connectivity index (χ2v) is 11.8. The smallest absolute Gasteiger partial charge is 0.381 e. The maximum atomic E-state index is 13.8. The summed E-state index contributed by atoms with van der Waals surface area (Å²) in [6.45, 7) is 6.73. The number of imidazole rings is 1. The molecule has 1 amide bonds. The second-order valence-electron chi connectivity index (χ2n) is 10.2.